The number of allylic oxidation sites excluding steroid dienone is 6. The molecule has 0 unspecified atom stereocenters. The third-order valence-electron chi connectivity index (χ3n) is 2.91. The second kappa shape index (κ2) is 20.0. The zero-order chi connectivity index (χ0) is 22.7. The molecule has 158 valence electrons. The Hall–Kier alpha value is -2.29. The third kappa shape index (κ3) is 16.9. The molecular weight excluding hydrogens is 350 g/mol. The number of dihydropyridines is 1. The third-order valence-corrected chi connectivity index (χ3v) is 2.91. The van der Waals surface area contributed by atoms with Crippen LogP contribution in [0.2, 0.25) is 0 Å². The largest absolute Gasteiger partial charge is 0.402 e. The average molecular weight is 388 g/mol. The van der Waals surface area contributed by atoms with Crippen molar-refractivity contribution in [2.75, 3.05) is 21.3 Å². The van der Waals surface area contributed by atoms with Gasteiger partial charge >= 0.3 is 0 Å². The standard InChI is InChI=1S/C11H15NO2.C5H9NO.CH5N.2CH4O/c1-6-10(8(3)13)5-11(9(4)14)7(2)12-6;1-4(6)3-5(2)7;3*1-2/h12H,5H2,1-4H3;3H,6H2,1-2H3;2H2,1H3;2*2H,1H3/b;4-3-;;;. The second-order valence-electron chi connectivity index (χ2n) is 5.12. The molecule has 1 heterocycles. The molecule has 8 heteroatoms. The van der Waals surface area contributed by atoms with E-state index in [1.807, 2.05) is 13.8 Å². The van der Waals surface area contributed by atoms with Gasteiger partial charge in [-0.25, -0.2) is 0 Å². The van der Waals surface area contributed by atoms with Gasteiger partial charge in [-0.3, -0.25) is 14.4 Å². The first-order valence-corrected chi connectivity index (χ1v) is 8.16. The minimum Gasteiger partial charge on any atom is -0.402 e. The maximum Gasteiger partial charge on any atom is 0.157 e. The molecule has 0 amide bonds. The van der Waals surface area contributed by atoms with Gasteiger partial charge in [0, 0.05) is 48.9 Å². The zero-order valence-corrected chi connectivity index (χ0v) is 18.1. The summed E-state index contributed by atoms with van der Waals surface area (Å²) in [5.74, 6) is 0.0579. The van der Waals surface area contributed by atoms with Crippen molar-refractivity contribution in [2.45, 2.75) is 48.0 Å². The number of hydrogen-bond acceptors (Lipinski definition) is 8. The van der Waals surface area contributed by atoms with Crippen LogP contribution in [-0.2, 0) is 14.4 Å². The van der Waals surface area contributed by atoms with Crippen LogP contribution < -0.4 is 16.8 Å². The van der Waals surface area contributed by atoms with Crippen LogP contribution >= 0.6 is 0 Å². The Morgan fingerprint density at radius 2 is 1.15 bits per heavy atom. The Morgan fingerprint density at radius 3 is 1.30 bits per heavy atom. The molecule has 0 spiro atoms. The van der Waals surface area contributed by atoms with Gasteiger partial charge in [0.2, 0.25) is 0 Å². The first-order valence-electron chi connectivity index (χ1n) is 8.16. The highest BCUT2D eigenvalue weighted by molar-refractivity contribution is 6.00. The molecule has 0 aromatic carbocycles. The highest BCUT2D eigenvalue weighted by Gasteiger charge is 2.20. The normalized spacial score (nSPS) is 12.4. The topological polar surface area (TPSA) is 156 Å². The molecule has 0 radical (unpaired) electrons. The quantitative estimate of drug-likeness (QED) is 0.448. The van der Waals surface area contributed by atoms with Crippen LogP contribution in [0.25, 0.3) is 0 Å². The van der Waals surface area contributed by atoms with E-state index in [2.05, 4.69) is 11.1 Å². The van der Waals surface area contributed by atoms with Crippen LogP contribution in [0.1, 0.15) is 48.0 Å². The van der Waals surface area contributed by atoms with Gasteiger partial charge in [0.1, 0.15) is 0 Å². The molecule has 0 aliphatic carbocycles. The van der Waals surface area contributed by atoms with Crippen molar-refractivity contribution in [1.29, 1.82) is 0 Å². The number of aliphatic hydroxyl groups excluding tert-OH is 2. The molecule has 7 N–H and O–H groups in total. The number of hydrogen-bond donors (Lipinski definition) is 5. The highest BCUT2D eigenvalue weighted by atomic mass is 16.2. The Morgan fingerprint density at radius 1 is 0.852 bits per heavy atom. The second-order valence-corrected chi connectivity index (χ2v) is 5.12. The Balaban J connectivity index is -0.000000172. The monoisotopic (exact) mass is 387 g/mol. The van der Waals surface area contributed by atoms with Gasteiger partial charge in [0.15, 0.2) is 17.3 Å². The lowest BCUT2D eigenvalue weighted by Crippen LogP contribution is -2.23. The lowest BCUT2D eigenvalue weighted by atomic mass is 9.94. The summed E-state index contributed by atoms with van der Waals surface area (Å²) in [6.45, 7) is 9.92. The van der Waals surface area contributed by atoms with E-state index in [4.69, 9.17) is 15.9 Å². The van der Waals surface area contributed by atoms with Gasteiger partial charge in [-0.1, -0.05) is 0 Å². The van der Waals surface area contributed by atoms with E-state index in [1.54, 1.807) is 6.92 Å². The molecule has 0 fully saturated rings. The Kier molecular flexibility index (Phi) is 24.0. The molecule has 1 aliphatic heterocycles. The number of aliphatic hydroxyl groups is 2. The van der Waals surface area contributed by atoms with Crippen LogP contribution in [0.15, 0.2) is 34.3 Å². The molecule has 8 nitrogen and oxygen atoms in total. The van der Waals surface area contributed by atoms with E-state index >= 15 is 0 Å². The molecular formula is C19H37N3O5. The van der Waals surface area contributed by atoms with Crippen molar-refractivity contribution >= 4 is 17.3 Å². The predicted molar refractivity (Wildman–Crippen MR) is 110 cm³/mol. The molecule has 0 aromatic rings. The van der Waals surface area contributed by atoms with Crippen molar-refractivity contribution in [1.82, 2.24) is 5.32 Å². The molecule has 0 saturated carbocycles. The summed E-state index contributed by atoms with van der Waals surface area (Å²) in [5, 5.41) is 17.1. The van der Waals surface area contributed by atoms with Gasteiger partial charge in [-0.2, -0.15) is 0 Å². The maximum atomic E-state index is 11.3. The minimum atomic E-state index is 0.000000000000000444. The lowest BCUT2D eigenvalue weighted by molar-refractivity contribution is -0.114. The van der Waals surface area contributed by atoms with Crippen molar-refractivity contribution in [3.05, 3.63) is 34.3 Å². The summed E-state index contributed by atoms with van der Waals surface area (Å²) in [7, 11) is 3.50. The van der Waals surface area contributed by atoms with E-state index in [9.17, 15) is 14.4 Å². The van der Waals surface area contributed by atoms with E-state index in [1.165, 1.54) is 33.9 Å². The lowest BCUT2D eigenvalue weighted by Gasteiger charge is -2.21. The molecule has 0 atom stereocenters. The number of nitrogens with two attached hydrogens (primary N) is 2. The SMILES string of the molecule is CC(=O)/C=C(/C)N.CC(=O)C1=C(C)NC(C)=C(C(C)=O)C1.CN.CO.CO. The fourth-order valence-electron chi connectivity index (χ4n) is 1.97. The van der Waals surface area contributed by atoms with Crippen LogP contribution in [0.3, 0.4) is 0 Å². The van der Waals surface area contributed by atoms with Crippen molar-refractivity contribution in [3.63, 3.8) is 0 Å². The number of nitrogens with one attached hydrogen (secondary N) is 1. The van der Waals surface area contributed by atoms with E-state index in [0.717, 1.165) is 25.6 Å². The van der Waals surface area contributed by atoms with Crippen molar-refractivity contribution in [3.8, 4) is 0 Å². The number of ketones is 3. The van der Waals surface area contributed by atoms with Gasteiger partial charge in [0.05, 0.1) is 0 Å². The minimum absolute atomic E-state index is 0.000000000000000444. The summed E-state index contributed by atoms with van der Waals surface area (Å²) >= 11 is 0. The van der Waals surface area contributed by atoms with Gasteiger partial charge in [-0.05, 0) is 54.7 Å². The van der Waals surface area contributed by atoms with Crippen molar-refractivity contribution in [2.24, 2.45) is 11.5 Å². The summed E-state index contributed by atoms with van der Waals surface area (Å²) in [5.41, 5.74) is 13.3. The zero-order valence-electron chi connectivity index (χ0n) is 18.1. The van der Waals surface area contributed by atoms with E-state index in [-0.39, 0.29) is 17.3 Å². The Bertz CT molecular complexity index is 524. The van der Waals surface area contributed by atoms with Gasteiger partial charge in [-0.15, -0.1) is 0 Å². The Labute approximate surface area is 163 Å². The number of carbonyl (C=O) groups is 3. The van der Waals surface area contributed by atoms with Crippen LogP contribution in [0, 0.1) is 0 Å². The van der Waals surface area contributed by atoms with Gasteiger partial charge < -0.3 is 27.0 Å². The van der Waals surface area contributed by atoms with Crippen molar-refractivity contribution < 1.29 is 24.6 Å². The van der Waals surface area contributed by atoms with Crippen LogP contribution in [0.4, 0.5) is 0 Å². The maximum absolute atomic E-state index is 11.3. The van der Waals surface area contributed by atoms with E-state index in [0.29, 0.717) is 23.3 Å². The molecule has 27 heavy (non-hydrogen) atoms. The van der Waals surface area contributed by atoms with Gasteiger partial charge in [0.25, 0.3) is 0 Å². The first-order chi connectivity index (χ1) is 12.6. The van der Waals surface area contributed by atoms with E-state index < -0.39 is 0 Å². The molecule has 0 aromatic heterocycles. The smallest absolute Gasteiger partial charge is 0.157 e. The molecule has 1 rings (SSSR count). The molecule has 0 bridgehead atoms. The summed E-state index contributed by atoms with van der Waals surface area (Å²) in [6.07, 6.45) is 1.86. The average Bonchev–Trinajstić information content (AvgIpc) is 2.59. The summed E-state index contributed by atoms with van der Waals surface area (Å²) < 4.78 is 0. The van der Waals surface area contributed by atoms with Crippen LogP contribution in [0.5, 0.6) is 0 Å². The number of carbonyl (C=O) groups excluding carboxylic acids is 3. The fourth-order valence-corrected chi connectivity index (χ4v) is 1.97. The first kappa shape index (κ1) is 32.4. The summed E-state index contributed by atoms with van der Waals surface area (Å²) in [6, 6.07) is 0. The number of rotatable bonds is 3. The fraction of sp³-hybridized carbons (Fsp3) is 0.526. The molecule has 1 aliphatic rings. The highest BCUT2D eigenvalue weighted by Crippen LogP contribution is 2.23. The molecule has 0 saturated heterocycles. The predicted octanol–water partition coefficient (Wildman–Crippen LogP) is 0.936. The van der Waals surface area contributed by atoms with Crippen LogP contribution in [-0.4, -0.2) is 48.8 Å². The number of Topliss-reactive ketones (excluding diaryl/α,β-unsaturated/α-hetero) is 2. The summed E-state index contributed by atoms with van der Waals surface area (Å²) in [4.78, 5) is 32.6.